The summed E-state index contributed by atoms with van der Waals surface area (Å²) in [5.74, 6) is -0.922. The van der Waals surface area contributed by atoms with E-state index >= 15 is 0 Å². The molecule has 0 bridgehead atoms. The standard InChI is InChI=1S/C20H18FNO2/c1-11-8-9-16(20(23)24)17-14-6-3-7-15(14)19(22-18(11)17)12-4-2-5-13(21)10-12/h2-6,8-10,14-15,19,22H,7H2,1H3,(H,23,24)/t14-,15-,19-/m1/s1. The van der Waals surface area contributed by atoms with Gasteiger partial charge in [0.25, 0.3) is 0 Å². The van der Waals surface area contributed by atoms with Gasteiger partial charge in [-0.1, -0.05) is 30.4 Å². The first-order valence-electron chi connectivity index (χ1n) is 8.11. The number of carboxylic acids is 1. The van der Waals surface area contributed by atoms with Crippen LogP contribution < -0.4 is 5.32 Å². The average molecular weight is 323 g/mol. The van der Waals surface area contributed by atoms with E-state index in [1.165, 1.54) is 6.07 Å². The highest BCUT2D eigenvalue weighted by molar-refractivity contribution is 5.93. The number of carboxylic acid groups (broad SMARTS) is 1. The summed E-state index contributed by atoms with van der Waals surface area (Å²) < 4.78 is 13.7. The van der Waals surface area contributed by atoms with Gasteiger partial charge < -0.3 is 10.4 Å². The van der Waals surface area contributed by atoms with E-state index in [0.717, 1.165) is 28.8 Å². The van der Waals surface area contributed by atoms with Gasteiger partial charge in [0.15, 0.2) is 0 Å². The fourth-order valence-electron chi connectivity index (χ4n) is 4.07. The zero-order valence-corrected chi connectivity index (χ0v) is 13.3. The van der Waals surface area contributed by atoms with E-state index in [1.54, 1.807) is 18.2 Å². The maximum atomic E-state index is 13.7. The van der Waals surface area contributed by atoms with Crippen LogP contribution in [-0.2, 0) is 0 Å². The van der Waals surface area contributed by atoms with Crippen molar-refractivity contribution in [1.29, 1.82) is 0 Å². The molecule has 2 aliphatic rings. The second kappa shape index (κ2) is 5.48. The number of anilines is 1. The van der Waals surface area contributed by atoms with Gasteiger partial charge in [0.05, 0.1) is 11.6 Å². The van der Waals surface area contributed by atoms with Gasteiger partial charge in [0.1, 0.15) is 5.82 Å². The molecular weight excluding hydrogens is 305 g/mol. The van der Waals surface area contributed by atoms with Crippen LogP contribution in [0.1, 0.15) is 45.4 Å². The predicted octanol–water partition coefficient (Wildman–Crippen LogP) is 4.66. The Morgan fingerprint density at radius 2 is 2.12 bits per heavy atom. The molecule has 2 N–H and O–H groups in total. The molecule has 3 nitrogen and oxygen atoms in total. The maximum Gasteiger partial charge on any atom is 0.336 e. The van der Waals surface area contributed by atoms with Crippen LogP contribution in [0.3, 0.4) is 0 Å². The second-order valence-electron chi connectivity index (χ2n) is 6.55. The summed E-state index contributed by atoms with van der Waals surface area (Å²) in [4.78, 5) is 11.7. The Labute approximate surface area is 139 Å². The van der Waals surface area contributed by atoms with Gasteiger partial charge in [0, 0.05) is 11.6 Å². The summed E-state index contributed by atoms with van der Waals surface area (Å²) >= 11 is 0. The minimum atomic E-state index is -0.906. The highest BCUT2D eigenvalue weighted by Crippen LogP contribution is 2.51. The number of allylic oxidation sites excluding steroid dienone is 2. The summed E-state index contributed by atoms with van der Waals surface area (Å²) in [5, 5.41) is 13.1. The van der Waals surface area contributed by atoms with Crippen LogP contribution in [0.2, 0.25) is 0 Å². The van der Waals surface area contributed by atoms with Crippen LogP contribution in [0.5, 0.6) is 0 Å². The monoisotopic (exact) mass is 323 g/mol. The normalized spacial score (nSPS) is 24.2. The van der Waals surface area contributed by atoms with E-state index in [0.29, 0.717) is 5.56 Å². The number of carbonyl (C=O) groups is 1. The number of rotatable bonds is 2. The van der Waals surface area contributed by atoms with Crippen molar-refractivity contribution in [1.82, 2.24) is 0 Å². The molecule has 24 heavy (non-hydrogen) atoms. The molecule has 0 radical (unpaired) electrons. The molecule has 1 aliphatic carbocycles. The Bertz CT molecular complexity index is 859. The number of hydrogen-bond acceptors (Lipinski definition) is 2. The van der Waals surface area contributed by atoms with Crippen molar-refractivity contribution in [2.75, 3.05) is 5.32 Å². The van der Waals surface area contributed by atoms with Gasteiger partial charge >= 0.3 is 5.97 Å². The third-order valence-corrected chi connectivity index (χ3v) is 5.17. The van der Waals surface area contributed by atoms with E-state index < -0.39 is 5.97 Å². The molecular formula is C20H18FNO2. The highest BCUT2D eigenvalue weighted by Gasteiger charge is 2.40. The maximum absolute atomic E-state index is 13.7. The van der Waals surface area contributed by atoms with Crippen LogP contribution >= 0.6 is 0 Å². The van der Waals surface area contributed by atoms with Crippen molar-refractivity contribution in [2.24, 2.45) is 5.92 Å². The molecule has 0 unspecified atom stereocenters. The number of nitrogens with one attached hydrogen (secondary N) is 1. The summed E-state index contributed by atoms with van der Waals surface area (Å²) in [7, 11) is 0. The predicted molar refractivity (Wildman–Crippen MR) is 90.9 cm³/mol. The molecule has 1 heterocycles. The van der Waals surface area contributed by atoms with Crippen molar-refractivity contribution in [2.45, 2.75) is 25.3 Å². The van der Waals surface area contributed by atoms with Crippen molar-refractivity contribution >= 4 is 11.7 Å². The van der Waals surface area contributed by atoms with Crippen molar-refractivity contribution < 1.29 is 14.3 Å². The fraction of sp³-hybridized carbons (Fsp3) is 0.250. The van der Waals surface area contributed by atoms with Crippen LogP contribution in [0.4, 0.5) is 10.1 Å². The minimum absolute atomic E-state index is 0.0315. The number of benzene rings is 2. The molecule has 2 aromatic rings. The van der Waals surface area contributed by atoms with E-state index in [4.69, 9.17) is 0 Å². The second-order valence-corrected chi connectivity index (χ2v) is 6.55. The summed E-state index contributed by atoms with van der Waals surface area (Å²) in [6, 6.07) is 10.1. The number of hydrogen-bond donors (Lipinski definition) is 2. The van der Waals surface area contributed by atoms with Crippen molar-refractivity contribution in [3.8, 4) is 0 Å². The van der Waals surface area contributed by atoms with Gasteiger partial charge in [-0.3, -0.25) is 0 Å². The Hall–Kier alpha value is -2.62. The Morgan fingerprint density at radius 3 is 2.88 bits per heavy atom. The van der Waals surface area contributed by atoms with Crippen LogP contribution in [0.25, 0.3) is 0 Å². The number of fused-ring (bicyclic) bond motifs is 3. The van der Waals surface area contributed by atoms with E-state index in [9.17, 15) is 14.3 Å². The molecule has 0 aromatic heterocycles. The lowest BCUT2D eigenvalue weighted by Gasteiger charge is -2.39. The van der Waals surface area contributed by atoms with Gasteiger partial charge in [-0.25, -0.2) is 9.18 Å². The molecule has 1 aliphatic heterocycles. The van der Waals surface area contributed by atoms with E-state index in [-0.39, 0.29) is 23.7 Å². The minimum Gasteiger partial charge on any atom is -0.478 e. The largest absolute Gasteiger partial charge is 0.478 e. The SMILES string of the molecule is Cc1ccc(C(=O)O)c2c1N[C@H](c1cccc(F)c1)[C@@H]1CC=C[C@@H]21. The Morgan fingerprint density at radius 1 is 1.29 bits per heavy atom. The van der Waals surface area contributed by atoms with E-state index in [2.05, 4.69) is 17.5 Å². The zero-order chi connectivity index (χ0) is 16.8. The molecule has 0 amide bonds. The van der Waals surface area contributed by atoms with E-state index in [1.807, 2.05) is 19.1 Å². The molecule has 4 rings (SSSR count). The topological polar surface area (TPSA) is 49.3 Å². The first-order chi connectivity index (χ1) is 11.6. The van der Waals surface area contributed by atoms with Gasteiger partial charge in [0.2, 0.25) is 0 Å². The van der Waals surface area contributed by atoms with Gasteiger partial charge in [-0.05, 0) is 54.2 Å². The molecule has 0 spiro atoms. The molecule has 4 heteroatoms. The Balaban J connectivity index is 1.88. The third kappa shape index (κ3) is 2.21. The lowest BCUT2D eigenvalue weighted by atomic mass is 9.75. The molecule has 2 aromatic carbocycles. The summed E-state index contributed by atoms with van der Waals surface area (Å²) in [6.07, 6.45) is 5.06. The fourth-order valence-corrected chi connectivity index (χ4v) is 4.07. The first kappa shape index (κ1) is 14.9. The highest BCUT2D eigenvalue weighted by atomic mass is 19.1. The smallest absolute Gasteiger partial charge is 0.336 e. The zero-order valence-electron chi connectivity index (χ0n) is 13.3. The quantitative estimate of drug-likeness (QED) is 0.790. The summed E-state index contributed by atoms with van der Waals surface area (Å²) in [5.41, 5.74) is 3.99. The van der Waals surface area contributed by atoms with Crippen molar-refractivity contribution in [3.63, 3.8) is 0 Å². The number of aryl methyl sites for hydroxylation is 1. The lowest BCUT2D eigenvalue weighted by Crippen LogP contribution is -2.31. The molecule has 0 saturated carbocycles. The Kier molecular flexibility index (Phi) is 3.41. The lowest BCUT2D eigenvalue weighted by molar-refractivity contribution is 0.0695. The van der Waals surface area contributed by atoms with Crippen LogP contribution in [-0.4, -0.2) is 11.1 Å². The average Bonchev–Trinajstić information content (AvgIpc) is 3.04. The van der Waals surface area contributed by atoms with Crippen molar-refractivity contribution in [3.05, 3.63) is 76.6 Å². The first-order valence-corrected chi connectivity index (χ1v) is 8.11. The van der Waals surface area contributed by atoms with Gasteiger partial charge in [-0.15, -0.1) is 0 Å². The molecule has 3 atom stereocenters. The molecule has 122 valence electrons. The van der Waals surface area contributed by atoms with Crippen LogP contribution in [0, 0.1) is 18.7 Å². The van der Waals surface area contributed by atoms with Crippen LogP contribution in [0.15, 0.2) is 48.6 Å². The molecule has 0 fully saturated rings. The van der Waals surface area contributed by atoms with Gasteiger partial charge in [-0.2, -0.15) is 0 Å². The summed E-state index contributed by atoms with van der Waals surface area (Å²) in [6.45, 7) is 1.97. The molecule has 0 saturated heterocycles. The number of aromatic carboxylic acids is 1. The third-order valence-electron chi connectivity index (χ3n) is 5.17. The number of halogens is 1.